The number of Topliss-reactive ketones (excluding diaryl/α,β-unsaturated/α-hetero) is 1. The molecule has 0 bridgehead atoms. The highest BCUT2D eigenvalue weighted by Crippen LogP contribution is 2.28. The van der Waals surface area contributed by atoms with E-state index in [0.29, 0.717) is 5.69 Å². The van der Waals surface area contributed by atoms with E-state index in [-0.39, 0.29) is 18.7 Å². The number of nitrogens with zero attached hydrogens (tertiary/aromatic N) is 2. The summed E-state index contributed by atoms with van der Waals surface area (Å²) in [4.78, 5) is 18.4. The zero-order valence-corrected chi connectivity index (χ0v) is 17.6. The van der Waals surface area contributed by atoms with Gasteiger partial charge < -0.3 is 10.0 Å². The summed E-state index contributed by atoms with van der Waals surface area (Å²) >= 11 is 0. The van der Waals surface area contributed by atoms with E-state index in [0.717, 1.165) is 28.1 Å². The van der Waals surface area contributed by atoms with Crippen molar-refractivity contribution in [3.63, 3.8) is 0 Å². The molecule has 1 N–H and O–H groups in total. The molecule has 1 atom stereocenters. The van der Waals surface area contributed by atoms with E-state index in [1.165, 1.54) is 0 Å². The minimum absolute atomic E-state index is 0.114. The summed E-state index contributed by atoms with van der Waals surface area (Å²) in [5, 5.41) is 11.1. The monoisotopic (exact) mass is 398 g/mol. The van der Waals surface area contributed by atoms with Gasteiger partial charge in [0.05, 0.1) is 13.1 Å². The van der Waals surface area contributed by atoms with E-state index in [9.17, 15) is 9.90 Å². The number of benzene rings is 3. The Hall–Kier alpha value is -3.42. The molecule has 0 aliphatic carbocycles. The molecule has 0 saturated heterocycles. The summed E-state index contributed by atoms with van der Waals surface area (Å²) in [5.74, 6) is -0.259. The molecule has 0 aliphatic rings. The van der Waals surface area contributed by atoms with Crippen LogP contribution >= 0.6 is 0 Å². The summed E-state index contributed by atoms with van der Waals surface area (Å²) < 4.78 is 0. The van der Waals surface area contributed by atoms with Gasteiger partial charge in [0.25, 0.3) is 0 Å². The van der Waals surface area contributed by atoms with Gasteiger partial charge in [0.15, 0.2) is 11.5 Å². The fourth-order valence-corrected chi connectivity index (χ4v) is 3.39. The predicted molar refractivity (Wildman–Crippen MR) is 121 cm³/mol. The first-order chi connectivity index (χ1) is 14.3. The van der Waals surface area contributed by atoms with Crippen molar-refractivity contribution in [3.05, 3.63) is 101 Å². The van der Waals surface area contributed by atoms with Crippen LogP contribution < -0.4 is 4.90 Å². The Morgan fingerprint density at radius 2 is 1.63 bits per heavy atom. The third-order valence-electron chi connectivity index (χ3n) is 5.23. The molecule has 3 aromatic carbocycles. The summed E-state index contributed by atoms with van der Waals surface area (Å²) in [7, 11) is 0. The molecule has 0 fully saturated rings. The molecule has 0 amide bonds. The number of hydrogen-bond acceptors (Lipinski definition) is 3. The van der Waals surface area contributed by atoms with Crippen molar-refractivity contribution in [1.29, 1.82) is 0 Å². The van der Waals surface area contributed by atoms with Crippen molar-refractivity contribution in [3.8, 4) is 0 Å². The zero-order valence-electron chi connectivity index (χ0n) is 17.6. The summed E-state index contributed by atoms with van der Waals surface area (Å²) in [6.07, 6.45) is 0.114. The quantitative estimate of drug-likeness (QED) is 0.530. The van der Waals surface area contributed by atoms with Crippen LogP contribution in [0.4, 0.5) is 17.1 Å². The molecule has 0 heterocycles. The van der Waals surface area contributed by atoms with Crippen LogP contribution in [0.15, 0.2) is 72.8 Å². The highest BCUT2D eigenvalue weighted by atomic mass is 16.3. The van der Waals surface area contributed by atoms with Gasteiger partial charge in [-0.15, -0.1) is 0 Å². The molecule has 0 unspecified atom stereocenters. The Bertz CT molecular complexity index is 1060. The van der Waals surface area contributed by atoms with Crippen LogP contribution in [0.2, 0.25) is 0 Å². The van der Waals surface area contributed by atoms with E-state index < -0.39 is 5.60 Å². The molecule has 0 radical (unpaired) electrons. The number of carbonyl (C=O) groups is 1. The summed E-state index contributed by atoms with van der Waals surface area (Å²) in [5.41, 5.74) is 3.63. The fourth-order valence-electron chi connectivity index (χ4n) is 3.39. The van der Waals surface area contributed by atoms with Crippen LogP contribution in [0.3, 0.4) is 0 Å². The van der Waals surface area contributed by atoms with Crippen LogP contribution in [0.25, 0.3) is 4.85 Å². The SMILES string of the molecule is [C-]#[N+]c1ccc(CC(=O)[C@@](C)(O)CN(c2ccccc2)c2ccc(C)cc2)cc1C. The molecule has 3 rings (SSSR count). The van der Waals surface area contributed by atoms with Crippen molar-refractivity contribution in [2.24, 2.45) is 0 Å². The maximum Gasteiger partial charge on any atom is 0.190 e. The maximum atomic E-state index is 13.0. The smallest absolute Gasteiger partial charge is 0.190 e. The Labute approximate surface area is 178 Å². The van der Waals surface area contributed by atoms with Crippen LogP contribution in [0, 0.1) is 20.4 Å². The van der Waals surface area contributed by atoms with Gasteiger partial charge in [-0.1, -0.05) is 54.1 Å². The van der Waals surface area contributed by atoms with Crippen LogP contribution in [-0.4, -0.2) is 23.0 Å². The van der Waals surface area contributed by atoms with Crippen molar-refractivity contribution in [1.82, 2.24) is 0 Å². The Kier molecular flexibility index (Phi) is 6.34. The van der Waals surface area contributed by atoms with Gasteiger partial charge in [-0.2, -0.15) is 0 Å². The predicted octanol–water partition coefficient (Wildman–Crippen LogP) is 5.56. The lowest BCUT2D eigenvalue weighted by Crippen LogP contribution is -2.46. The normalized spacial score (nSPS) is 12.6. The van der Waals surface area contributed by atoms with Crippen LogP contribution in [-0.2, 0) is 11.2 Å². The van der Waals surface area contributed by atoms with Gasteiger partial charge in [-0.3, -0.25) is 4.79 Å². The van der Waals surface area contributed by atoms with E-state index in [2.05, 4.69) is 4.85 Å². The van der Waals surface area contributed by atoms with Crippen molar-refractivity contribution >= 4 is 22.8 Å². The zero-order chi connectivity index (χ0) is 21.7. The lowest BCUT2D eigenvalue weighted by molar-refractivity contribution is -0.134. The van der Waals surface area contributed by atoms with Gasteiger partial charge in [-0.25, -0.2) is 4.85 Å². The van der Waals surface area contributed by atoms with Gasteiger partial charge in [0, 0.05) is 17.8 Å². The van der Waals surface area contributed by atoms with Gasteiger partial charge >= 0.3 is 0 Å². The molecule has 0 spiro atoms. The topological polar surface area (TPSA) is 44.9 Å². The van der Waals surface area contributed by atoms with E-state index >= 15 is 0 Å². The Morgan fingerprint density at radius 3 is 2.23 bits per heavy atom. The minimum Gasteiger partial charge on any atom is -0.380 e. The Balaban J connectivity index is 1.85. The third-order valence-corrected chi connectivity index (χ3v) is 5.23. The highest BCUT2D eigenvalue weighted by molar-refractivity contribution is 5.90. The minimum atomic E-state index is -1.55. The first-order valence-electron chi connectivity index (χ1n) is 9.92. The standard InChI is InChI=1S/C26H26N2O2/c1-19-10-13-23(14-11-19)28(22-8-6-5-7-9-22)18-26(3,30)25(29)17-21-12-15-24(27-4)20(2)16-21/h5-16,30H,17-18H2,1-3H3/t26-/m0/s1. The number of para-hydroxylation sites is 1. The van der Waals surface area contributed by atoms with Crippen molar-refractivity contribution in [2.45, 2.75) is 32.8 Å². The summed E-state index contributed by atoms with van der Waals surface area (Å²) in [6.45, 7) is 12.7. The van der Waals surface area contributed by atoms with Gasteiger partial charge in [0.2, 0.25) is 0 Å². The fraction of sp³-hybridized carbons (Fsp3) is 0.231. The van der Waals surface area contributed by atoms with E-state index in [1.54, 1.807) is 19.1 Å². The van der Waals surface area contributed by atoms with Gasteiger partial charge in [0.1, 0.15) is 5.60 Å². The number of ketones is 1. The molecule has 30 heavy (non-hydrogen) atoms. The number of anilines is 2. The molecule has 152 valence electrons. The van der Waals surface area contributed by atoms with Crippen LogP contribution in [0.5, 0.6) is 0 Å². The maximum absolute atomic E-state index is 13.0. The summed E-state index contributed by atoms with van der Waals surface area (Å²) in [6, 6.07) is 23.1. The molecular weight excluding hydrogens is 372 g/mol. The lowest BCUT2D eigenvalue weighted by atomic mass is 9.93. The third kappa shape index (κ3) is 4.94. The number of carbonyl (C=O) groups excluding carboxylic acids is 1. The van der Waals surface area contributed by atoms with E-state index in [1.807, 2.05) is 79.4 Å². The number of aryl methyl sites for hydroxylation is 2. The second kappa shape index (κ2) is 8.94. The van der Waals surface area contributed by atoms with E-state index in [4.69, 9.17) is 6.57 Å². The second-order valence-corrected chi connectivity index (χ2v) is 7.86. The second-order valence-electron chi connectivity index (χ2n) is 7.86. The molecule has 0 aliphatic heterocycles. The lowest BCUT2D eigenvalue weighted by Gasteiger charge is -2.32. The van der Waals surface area contributed by atoms with Gasteiger partial charge in [-0.05, 0) is 56.2 Å². The number of rotatable bonds is 7. The molecule has 0 aromatic heterocycles. The average Bonchev–Trinajstić information content (AvgIpc) is 2.73. The first-order valence-corrected chi connectivity index (χ1v) is 9.92. The highest BCUT2D eigenvalue weighted by Gasteiger charge is 2.33. The van der Waals surface area contributed by atoms with Crippen molar-refractivity contribution < 1.29 is 9.90 Å². The van der Waals surface area contributed by atoms with Crippen molar-refractivity contribution in [2.75, 3.05) is 11.4 Å². The number of hydrogen-bond donors (Lipinski definition) is 1. The largest absolute Gasteiger partial charge is 0.380 e. The first kappa shape index (κ1) is 21.3. The number of aliphatic hydroxyl groups is 1. The molecule has 4 nitrogen and oxygen atoms in total. The Morgan fingerprint density at radius 1 is 1.00 bits per heavy atom. The molecule has 4 heteroatoms. The van der Waals surface area contributed by atoms with Crippen LogP contribution in [0.1, 0.15) is 23.6 Å². The average molecular weight is 399 g/mol. The molecule has 0 saturated carbocycles. The molecule has 3 aromatic rings. The molecular formula is C26H26N2O2.